The summed E-state index contributed by atoms with van der Waals surface area (Å²) in [5, 5.41) is 6.84. The third kappa shape index (κ3) is 4.06. The molecular weight excluding hydrogens is 263 g/mol. The lowest BCUT2D eigenvalue weighted by atomic mass is 9.96. The van der Waals surface area contributed by atoms with Crippen LogP contribution in [0.4, 0.5) is 10.1 Å². The van der Waals surface area contributed by atoms with Crippen molar-refractivity contribution in [2.45, 2.75) is 38.1 Å². The third-order valence-electron chi connectivity index (χ3n) is 3.35. The second kappa shape index (κ2) is 6.70. The largest absolute Gasteiger partial charge is 0.494 e. The monoisotopic (exact) mass is 282 g/mol. The highest BCUT2D eigenvalue weighted by atomic mass is 32.1. The number of halogens is 1. The fourth-order valence-electron chi connectivity index (χ4n) is 2.34. The van der Waals surface area contributed by atoms with Gasteiger partial charge < -0.3 is 15.4 Å². The Morgan fingerprint density at radius 2 is 2.05 bits per heavy atom. The van der Waals surface area contributed by atoms with Crippen LogP contribution < -0.4 is 15.4 Å². The Morgan fingerprint density at radius 3 is 2.68 bits per heavy atom. The number of nitrogens with one attached hydrogen (secondary N) is 2. The molecule has 1 aliphatic rings. The van der Waals surface area contributed by atoms with E-state index >= 15 is 0 Å². The average Bonchev–Trinajstić information content (AvgIpc) is 2.40. The number of hydrogen-bond acceptors (Lipinski definition) is 2. The van der Waals surface area contributed by atoms with Gasteiger partial charge in [0.2, 0.25) is 0 Å². The van der Waals surface area contributed by atoms with Crippen LogP contribution in [-0.2, 0) is 0 Å². The quantitative estimate of drug-likeness (QED) is 0.832. The molecule has 0 bridgehead atoms. The number of rotatable bonds is 3. The lowest BCUT2D eigenvalue weighted by Gasteiger charge is -2.24. The summed E-state index contributed by atoms with van der Waals surface area (Å²) in [6, 6.07) is 5.16. The van der Waals surface area contributed by atoms with Gasteiger partial charge in [-0.05, 0) is 37.2 Å². The minimum absolute atomic E-state index is 0.233. The molecule has 19 heavy (non-hydrogen) atoms. The molecule has 0 saturated heterocycles. The fraction of sp³-hybridized carbons (Fsp3) is 0.500. The maximum atomic E-state index is 13.5. The van der Waals surface area contributed by atoms with Crippen molar-refractivity contribution in [3.8, 4) is 5.75 Å². The first-order valence-electron chi connectivity index (χ1n) is 6.60. The molecule has 0 atom stereocenters. The Balaban J connectivity index is 1.89. The van der Waals surface area contributed by atoms with Crippen molar-refractivity contribution < 1.29 is 9.13 Å². The first-order valence-corrected chi connectivity index (χ1v) is 7.01. The van der Waals surface area contributed by atoms with Crippen LogP contribution in [0.3, 0.4) is 0 Å². The first-order chi connectivity index (χ1) is 9.19. The van der Waals surface area contributed by atoms with Gasteiger partial charge in [-0.25, -0.2) is 4.39 Å². The zero-order chi connectivity index (χ0) is 13.7. The molecular formula is C14H19FN2OS. The first kappa shape index (κ1) is 14.1. The van der Waals surface area contributed by atoms with E-state index in [4.69, 9.17) is 17.0 Å². The second-order valence-corrected chi connectivity index (χ2v) is 5.19. The molecule has 1 saturated carbocycles. The van der Waals surface area contributed by atoms with E-state index in [1.54, 1.807) is 12.1 Å². The highest BCUT2D eigenvalue weighted by Crippen LogP contribution is 2.21. The summed E-state index contributed by atoms with van der Waals surface area (Å²) in [5.41, 5.74) is 0.631. The fourth-order valence-corrected chi connectivity index (χ4v) is 2.63. The lowest BCUT2D eigenvalue weighted by molar-refractivity contribution is 0.386. The molecule has 3 nitrogen and oxygen atoms in total. The van der Waals surface area contributed by atoms with Gasteiger partial charge in [0.05, 0.1) is 7.11 Å². The molecule has 0 heterocycles. The highest BCUT2D eigenvalue weighted by molar-refractivity contribution is 7.80. The Hall–Kier alpha value is -1.36. The van der Waals surface area contributed by atoms with Crippen LogP contribution in [0.2, 0.25) is 0 Å². The number of hydrogen-bond donors (Lipinski definition) is 2. The van der Waals surface area contributed by atoms with Crippen molar-refractivity contribution in [1.29, 1.82) is 0 Å². The van der Waals surface area contributed by atoms with E-state index in [1.807, 2.05) is 0 Å². The smallest absolute Gasteiger partial charge is 0.170 e. The van der Waals surface area contributed by atoms with Gasteiger partial charge >= 0.3 is 0 Å². The molecule has 2 rings (SSSR count). The van der Waals surface area contributed by atoms with Crippen LogP contribution in [0.1, 0.15) is 32.1 Å². The summed E-state index contributed by atoms with van der Waals surface area (Å²) >= 11 is 5.25. The maximum absolute atomic E-state index is 13.5. The third-order valence-corrected chi connectivity index (χ3v) is 3.57. The van der Waals surface area contributed by atoms with Crippen LogP contribution >= 0.6 is 12.2 Å². The van der Waals surface area contributed by atoms with Crippen molar-refractivity contribution in [2.75, 3.05) is 12.4 Å². The van der Waals surface area contributed by atoms with Crippen LogP contribution in [0, 0.1) is 5.82 Å². The van der Waals surface area contributed by atoms with Gasteiger partial charge in [0.15, 0.2) is 16.7 Å². The van der Waals surface area contributed by atoms with E-state index in [1.165, 1.54) is 32.4 Å². The van der Waals surface area contributed by atoms with E-state index in [0.717, 1.165) is 12.8 Å². The molecule has 0 aromatic heterocycles. The van der Waals surface area contributed by atoms with Gasteiger partial charge in [-0.15, -0.1) is 0 Å². The minimum Gasteiger partial charge on any atom is -0.494 e. The molecule has 0 aliphatic heterocycles. The van der Waals surface area contributed by atoms with Crippen molar-refractivity contribution in [3.63, 3.8) is 0 Å². The molecule has 0 unspecified atom stereocenters. The molecule has 1 aliphatic carbocycles. The number of methoxy groups -OCH3 is 1. The standard InChI is InChI=1S/C14H19FN2OS/c1-18-13-8-7-11(9-12(13)15)17-14(19)16-10-5-3-2-4-6-10/h7-10H,2-6H2,1H3,(H2,16,17,19). The Kier molecular flexibility index (Phi) is 4.96. The number of thiocarbonyl (C=S) groups is 1. The molecule has 5 heteroatoms. The van der Waals surface area contributed by atoms with Gasteiger partial charge in [0, 0.05) is 17.8 Å². The van der Waals surface area contributed by atoms with E-state index in [-0.39, 0.29) is 5.75 Å². The summed E-state index contributed by atoms with van der Waals surface area (Å²) in [7, 11) is 1.45. The van der Waals surface area contributed by atoms with Gasteiger partial charge in [-0.2, -0.15) is 0 Å². The summed E-state index contributed by atoms with van der Waals surface area (Å²) in [6.45, 7) is 0. The molecule has 1 aromatic rings. The maximum Gasteiger partial charge on any atom is 0.170 e. The Bertz CT molecular complexity index is 447. The zero-order valence-electron chi connectivity index (χ0n) is 11.0. The average molecular weight is 282 g/mol. The van der Waals surface area contributed by atoms with Gasteiger partial charge in [0.25, 0.3) is 0 Å². The summed E-state index contributed by atoms with van der Waals surface area (Å²) in [4.78, 5) is 0. The lowest BCUT2D eigenvalue weighted by Crippen LogP contribution is -2.38. The molecule has 0 spiro atoms. The van der Waals surface area contributed by atoms with Crippen molar-refractivity contribution in [3.05, 3.63) is 24.0 Å². The zero-order valence-corrected chi connectivity index (χ0v) is 11.9. The second-order valence-electron chi connectivity index (χ2n) is 4.78. The van der Waals surface area contributed by atoms with E-state index < -0.39 is 5.82 Å². The molecule has 1 aromatic carbocycles. The predicted octanol–water partition coefficient (Wildman–Crippen LogP) is 3.45. The number of benzene rings is 1. The van der Waals surface area contributed by atoms with Crippen LogP contribution in [0.5, 0.6) is 5.75 Å². The Labute approximate surface area is 118 Å². The predicted molar refractivity (Wildman–Crippen MR) is 79.2 cm³/mol. The van der Waals surface area contributed by atoms with Crippen LogP contribution in [-0.4, -0.2) is 18.3 Å². The SMILES string of the molecule is COc1ccc(NC(=S)NC2CCCCC2)cc1F. The summed E-state index contributed by atoms with van der Waals surface area (Å²) in [6.07, 6.45) is 6.11. The van der Waals surface area contributed by atoms with Crippen molar-refractivity contribution in [2.24, 2.45) is 0 Å². The minimum atomic E-state index is -0.395. The van der Waals surface area contributed by atoms with Crippen molar-refractivity contribution in [1.82, 2.24) is 5.32 Å². The number of ether oxygens (including phenoxy) is 1. The molecule has 2 N–H and O–H groups in total. The van der Waals surface area contributed by atoms with E-state index in [9.17, 15) is 4.39 Å². The van der Waals surface area contributed by atoms with Gasteiger partial charge in [-0.3, -0.25) is 0 Å². The Morgan fingerprint density at radius 1 is 1.32 bits per heavy atom. The summed E-state index contributed by atoms with van der Waals surface area (Å²) < 4.78 is 18.4. The summed E-state index contributed by atoms with van der Waals surface area (Å²) in [5.74, 6) is -0.162. The number of anilines is 1. The highest BCUT2D eigenvalue weighted by Gasteiger charge is 2.14. The molecule has 0 radical (unpaired) electrons. The topological polar surface area (TPSA) is 33.3 Å². The van der Waals surface area contributed by atoms with E-state index in [0.29, 0.717) is 16.8 Å². The van der Waals surface area contributed by atoms with Gasteiger partial charge in [-0.1, -0.05) is 19.3 Å². The van der Waals surface area contributed by atoms with Crippen molar-refractivity contribution >= 4 is 23.0 Å². The molecule has 0 amide bonds. The molecule has 1 fully saturated rings. The van der Waals surface area contributed by atoms with Crippen LogP contribution in [0.25, 0.3) is 0 Å². The van der Waals surface area contributed by atoms with E-state index in [2.05, 4.69) is 10.6 Å². The molecule has 104 valence electrons. The normalized spacial score (nSPS) is 15.9. The van der Waals surface area contributed by atoms with Gasteiger partial charge in [0.1, 0.15) is 0 Å². The van der Waals surface area contributed by atoms with Crippen LogP contribution in [0.15, 0.2) is 18.2 Å².